The quantitative estimate of drug-likeness (QED) is 0.262. The normalized spacial score (nSPS) is 2.00. The molecule has 0 bridgehead atoms. The van der Waals surface area contributed by atoms with Gasteiger partial charge in [-0.05, 0) is 0 Å². The van der Waals surface area contributed by atoms with Gasteiger partial charge in [-0.1, -0.05) is 0 Å². The first-order chi connectivity index (χ1) is 2.00. The fraction of sp³-hybridized carbons (Fsp3) is 0. The Hall–Kier alpha value is 2.67. The molecule has 4 nitrogen and oxygen atoms in total. The van der Waals surface area contributed by atoms with Crippen LogP contribution in [0, 0.1) is 0 Å². The van der Waals surface area contributed by atoms with Crippen LogP contribution in [-0.4, -0.2) is 97.1 Å². The molecule has 0 atom stereocenters. The zero-order valence-electron chi connectivity index (χ0n) is 2.42. The van der Waals surface area contributed by atoms with Gasteiger partial charge in [0.05, 0.1) is 0 Å². The molecule has 6 heavy (non-hydrogen) atoms. The van der Waals surface area contributed by atoms with E-state index >= 15 is 0 Å². The summed E-state index contributed by atoms with van der Waals surface area (Å²) in [6, 6.07) is 0. The van der Waals surface area contributed by atoms with Gasteiger partial charge in [0.2, 0.25) is 0 Å². The predicted octanol–water partition coefficient (Wildman–Crippen LogP) is -3.66. The van der Waals surface area contributed by atoms with Crippen molar-refractivity contribution < 1.29 is 21.0 Å². The average Bonchev–Trinajstić information content (AvgIpc) is 1.50. The summed E-state index contributed by atoms with van der Waals surface area (Å²) in [5.41, 5.74) is 0. The fourth-order valence-electron chi connectivity index (χ4n) is 0. The van der Waals surface area contributed by atoms with Gasteiger partial charge in [0.25, 0.3) is 0 Å². The minimum absolute atomic E-state index is 0. The summed E-state index contributed by atoms with van der Waals surface area (Å²) in [5, 5.41) is 26.0. The molecule has 0 aromatic rings. The van der Waals surface area contributed by atoms with Crippen LogP contribution in [0.25, 0.3) is 0 Å². The van der Waals surface area contributed by atoms with Gasteiger partial charge in [-0.25, -0.2) is 0 Å². The standard InChI is InChI=1S/Ba.Ca.2H2O2.2H/c;;2*1-2;;/h;;2*1-2H;;/q+2;;;;;/p-2. The Bertz CT molecular complexity index is 7.51. The van der Waals surface area contributed by atoms with Gasteiger partial charge in [0, 0.05) is 0 Å². The van der Waals surface area contributed by atoms with E-state index in [1.807, 2.05) is 0 Å². The van der Waals surface area contributed by atoms with Crippen LogP contribution < -0.4 is 10.5 Å². The third-order valence-electron chi connectivity index (χ3n) is 0. The van der Waals surface area contributed by atoms with Gasteiger partial charge in [0.15, 0.2) is 0 Å². The van der Waals surface area contributed by atoms with Crippen LogP contribution in [0.5, 0.6) is 0 Å². The summed E-state index contributed by atoms with van der Waals surface area (Å²) in [5.74, 6) is 0. The van der Waals surface area contributed by atoms with Crippen LogP contribution in [0.1, 0.15) is 0 Å². The van der Waals surface area contributed by atoms with Crippen LogP contribution in [0.4, 0.5) is 0 Å². The van der Waals surface area contributed by atoms with Crippen molar-refractivity contribution in [1.29, 1.82) is 0 Å². The van der Waals surface area contributed by atoms with Crippen molar-refractivity contribution in [3.05, 3.63) is 0 Å². The second kappa shape index (κ2) is 47.8. The van der Waals surface area contributed by atoms with Crippen LogP contribution in [0.2, 0.25) is 0 Å². The Balaban J connectivity index is -0.00000000500. The maximum Gasteiger partial charge on any atom is -0.468 e. The Morgan fingerprint density at radius 2 is 0.833 bits per heavy atom. The van der Waals surface area contributed by atoms with Gasteiger partial charge in [-0.3, -0.25) is 0 Å². The van der Waals surface area contributed by atoms with Gasteiger partial charge in [-0.2, -0.15) is 0 Å². The van der Waals surface area contributed by atoms with Crippen LogP contribution in [0.15, 0.2) is 0 Å². The number of hydrogen-bond acceptors (Lipinski definition) is 4. The summed E-state index contributed by atoms with van der Waals surface area (Å²) in [6.45, 7) is 0. The minimum atomic E-state index is 0. The van der Waals surface area contributed by atoms with Crippen molar-refractivity contribution in [2.75, 3.05) is 0 Å². The maximum atomic E-state index is 7.25. The van der Waals surface area contributed by atoms with Crippen molar-refractivity contribution in [2.45, 2.75) is 0 Å². The predicted molar refractivity (Wildman–Crippen MR) is 19.6 cm³/mol. The number of rotatable bonds is 0. The van der Waals surface area contributed by atoms with E-state index in [1.54, 1.807) is 0 Å². The Kier molecular flexibility index (Phi) is 186. The average molecular weight is 245 g/mol. The third-order valence-corrected chi connectivity index (χ3v) is 0. The monoisotopic (exact) mass is 246 g/mol. The Morgan fingerprint density at radius 1 is 0.833 bits per heavy atom. The van der Waals surface area contributed by atoms with Gasteiger partial charge in [-0.15, -0.1) is 0 Å². The van der Waals surface area contributed by atoms with Crippen LogP contribution in [-0.2, 0) is 0 Å². The second-order valence-electron chi connectivity index (χ2n) is 0. The molecular formula is H4BaCaO4. The molecule has 0 aromatic heterocycles. The van der Waals surface area contributed by atoms with Crippen LogP contribution in [0.3, 0.4) is 0 Å². The first-order valence-electron chi connectivity index (χ1n) is 0.365. The van der Waals surface area contributed by atoms with E-state index in [0.717, 1.165) is 0 Å². The fourth-order valence-corrected chi connectivity index (χ4v) is 0. The summed E-state index contributed by atoms with van der Waals surface area (Å²) in [7, 11) is 0. The molecule has 0 saturated heterocycles. The maximum absolute atomic E-state index is 7.25. The Labute approximate surface area is 105 Å². The van der Waals surface area contributed by atoms with E-state index < -0.39 is 0 Å². The molecule has 0 rings (SSSR count). The van der Waals surface area contributed by atoms with Crippen LogP contribution >= 0.6 is 0 Å². The molecule has 0 unspecified atom stereocenters. The van der Waals surface area contributed by atoms with Crippen molar-refractivity contribution in [3.63, 3.8) is 0 Å². The van der Waals surface area contributed by atoms with Gasteiger partial charge < -0.3 is 21.0 Å². The van der Waals surface area contributed by atoms with Gasteiger partial charge >= 0.3 is 86.6 Å². The Morgan fingerprint density at radius 3 is 0.833 bits per heavy atom. The molecule has 0 aliphatic rings. The summed E-state index contributed by atoms with van der Waals surface area (Å²) in [6.07, 6.45) is 0. The molecule has 32 valence electrons. The molecule has 0 aliphatic carbocycles. The van der Waals surface area contributed by atoms with Crippen molar-refractivity contribution in [1.82, 2.24) is 0 Å². The van der Waals surface area contributed by atoms with Gasteiger partial charge in [0.1, 0.15) is 0 Å². The molecule has 6 heteroatoms. The third kappa shape index (κ3) is 30.1. The van der Waals surface area contributed by atoms with Crippen molar-refractivity contribution in [3.8, 4) is 0 Å². The van der Waals surface area contributed by atoms with E-state index in [1.165, 1.54) is 0 Å². The van der Waals surface area contributed by atoms with E-state index in [2.05, 4.69) is 0 Å². The molecule has 0 saturated carbocycles. The zero-order valence-corrected chi connectivity index (χ0v) is 6.86. The first kappa shape index (κ1) is 23.4. The number of hydrogen-bond donors (Lipinski definition) is 2. The smallest absolute Gasteiger partial charge is 0.468 e. The summed E-state index contributed by atoms with van der Waals surface area (Å²) >= 11 is 0. The van der Waals surface area contributed by atoms with E-state index in [9.17, 15) is 0 Å². The molecule has 0 aliphatic heterocycles. The van der Waals surface area contributed by atoms with Crippen molar-refractivity contribution >= 4 is 86.6 Å². The van der Waals surface area contributed by atoms with E-state index in [-0.39, 0.29) is 86.6 Å². The van der Waals surface area contributed by atoms with Crippen molar-refractivity contribution in [2.24, 2.45) is 0 Å². The largest absolute Gasteiger partial charge is 0.727 e. The molecule has 0 fully saturated rings. The summed E-state index contributed by atoms with van der Waals surface area (Å²) in [4.78, 5) is 0. The molecule has 0 aromatic carbocycles. The first-order valence-corrected chi connectivity index (χ1v) is 0.365. The van der Waals surface area contributed by atoms with E-state index in [4.69, 9.17) is 21.0 Å². The SMILES string of the molecule is [Ba+2].[CaH2].[O-]O.[O-]O. The molecular weight excluding hydrogens is 241 g/mol. The minimum Gasteiger partial charge on any atom is -0.727 e. The zero-order chi connectivity index (χ0) is 4.00. The molecule has 2 N–H and O–H groups in total. The topological polar surface area (TPSA) is 86.6 Å². The summed E-state index contributed by atoms with van der Waals surface area (Å²) < 4.78 is 0. The second-order valence-corrected chi connectivity index (χ2v) is 0. The molecule has 0 heterocycles. The molecule has 0 radical (unpaired) electrons. The molecule has 0 spiro atoms. The molecule has 0 amide bonds. The van der Waals surface area contributed by atoms with E-state index in [0.29, 0.717) is 0 Å².